The van der Waals surface area contributed by atoms with E-state index in [1.807, 2.05) is 49.5 Å². The number of carbonyl (C=O) groups excluding carboxylic acids is 1. The zero-order chi connectivity index (χ0) is 36.7. The number of hydrogen-bond acceptors (Lipinski definition) is 8. The Labute approximate surface area is 290 Å². The van der Waals surface area contributed by atoms with Crippen LogP contribution in [0.5, 0.6) is 0 Å². The number of thiophene rings is 1. The van der Waals surface area contributed by atoms with E-state index in [0.29, 0.717) is 29.0 Å². The van der Waals surface area contributed by atoms with Gasteiger partial charge in [-0.3, -0.25) is 19.3 Å². The monoisotopic (exact) mass is 705 g/mol. The summed E-state index contributed by atoms with van der Waals surface area (Å²) in [6, 6.07) is 21.1. The highest BCUT2D eigenvalue weighted by Crippen LogP contribution is 2.39. The van der Waals surface area contributed by atoms with Crippen LogP contribution in [0.4, 0.5) is 14.5 Å². The maximum Gasteiger partial charge on any atom is 0.333 e. The molecule has 2 aromatic heterocycles. The lowest BCUT2D eigenvalue weighted by molar-refractivity contribution is -0.152. The zero-order valence-corrected chi connectivity index (χ0v) is 28.4. The summed E-state index contributed by atoms with van der Waals surface area (Å²) < 4.78 is 31.2. The third-order valence-electron chi connectivity index (χ3n) is 7.74. The predicted molar refractivity (Wildman–Crippen MR) is 188 cm³/mol. The normalized spacial score (nSPS) is 11.8. The van der Waals surface area contributed by atoms with Crippen LogP contribution in [0.1, 0.15) is 47.3 Å². The molecule has 0 amide bonds. The summed E-state index contributed by atoms with van der Waals surface area (Å²) in [5.74, 6) is -4.97. The third kappa shape index (κ3) is 9.05. The number of pyridine rings is 1. The predicted octanol–water partition coefficient (Wildman–Crippen LogP) is 6.02. The number of aliphatic hydroxyl groups excluding tert-OH is 1. The molecule has 0 fully saturated rings. The maximum atomic E-state index is 14.8. The molecule has 1 unspecified atom stereocenters. The summed E-state index contributed by atoms with van der Waals surface area (Å²) >= 11 is 1.37. The van der Waals surface area contributed by atoms with Crippen LogP contribution in [0.3, 0.4) is 0 Å². The molecule has 0 saturated heterocycles. The molecule has 0 bridgehead atoms. The number of fused-ring (bicyclic) bond motifs is 1. The third-order valence-corrected chi connectivity index (χ3v) is 9.05. The lowest BCUT2D eigenvalue weighted by atomic mass is 9.99. The molecule has 0 aliphatic heterocycles. The number of carboxylic acid groups (broad SMARTS) is 2. The quantitative estimate of drug-likeness (QED) is 0.0899. The van der Waals surface area contributed by atoms with Gasteiger partial charge in [0.25, 0.3) is 0 Å². The van der Waals surface area contributed by atoms with Crippen molar-refractivity contribution in [1.29, 1.82) is 0 Å². The van der Waals surface area contributed by atoms with Crippen LogP contribution in [-0.4, -0.2) is 55.7 Å². The van der Waals surface area contributed by atoms with E-state index in [0.717, 1.165) is 21.6 Å². The van der Waals surface area contributed by atoms with Crippen molar-refractivity contribution in [2.24, 2.45) is 5.92 Å². The molecule has 3 aromatic carbocycles. The number of aliphatic carboxylic acids is 2. The number of nitrogens with zero attached hydrogens (tertiary/aromatic N) is 2. The van der Waals surface area contributed by atoms with Gasteiger partial charge in [0.2, 0.25) is 5.43 Å². The van der Waals surface area contributed by atoms with Gasteiger partial charge >= 0.3 is 11.9 Å². The van der Waals surface area contributed by atoms with Crippen molar-refractivity contribution in [3.63, 3.8) is 0 Å². The van der Waals surface area contributed by atoms with Crippen molar-refractivity contribution >= 4 is 45.0 Å². The van der Waals surface area contributed by atoms with E-state index in [1.54, 1.807) is 30.5 Å². The van der Waals surface area contributed by atoms with E-state index in [4.69, 9.17) is 21.1 Å². The van der Waals surface area contributed by atoms with E-state index in [9.17, 15) is 28.0 Å². The maximum absolute atomic E-state index is 14.8. The average Bonchev–Trinajstić information content (AvgIpc) is 3.43. The summed E-state index contributed by atoms with van der Waals surface area (Å²) in [6.45, 7) is 4.34. The number of carboxylic acids is 2. The van der Waals surface area contributed by atoms with Crippen LogP contribution in [0.2, 0.25) is 0 Å². The number of hydrogen-bond donors (Lipinski definition) is 4. The Morgan fingerprint density at radius 1 is 0.900 bits per heavy atom. The number of ketones is 1. The molecular weight excluding hydrogens is 668 g/mol. The molecule has 5 aromatic rings. The summed E-state index contributed by atoms with van der Waals surface area (Å²) in [6.07, 6.45) is -1.09. The number of carbonyl (C=O) groups is 3. The zero-order valence-electron chi connectivity index (χ0n) is 27.6. The summed E-state index contributed by atoms with van der Waals surface area (Å²) in [7, 11) is 1.97. The summed E-state index contributed by atoms with van der Waals surface area (Å²) in [4.78, 5) is 50.2. The molecule has 50 heavy (non-hydrogen) atoms. The number of aliphatic hydroxyl groups is 1. The molecule has 1 atom stereocenters. The molecule has 0 aliphatic rings. The van der Waals surface area contributed by atoms with Crippen molar-refractivity contribution in [3.8, 4) is 10.4 Å². The van der Waals surface area contributed by atoms with Gasteiger partial charge in [0.1, 0.15) is 16.5 Å². The first-order chi connectivity index (χ1) is 23.7. The van der Waals surface area contributed by atoms with E-state index < -0.39 is 42.0 Å². The van der Waals surface area contributed by atoms with Crippen molar-refractivity contribution in [2.75, 3.05) is 12.8 Å². The average molecular weight is 706 g/mol. The van der Waals surface area contributed by atoms with Gasteiger partial charge in [-0.05, 0) is 48.0 Å². The molecule has 262 valence electrons. The fraction of sp³-hybridized carbons (Fsp3) is 0.243. The highest BCUT2D eigenvalue weighted by Gasteiger charge is 2.26. The van der Waals surface area contributed by atoms with Gasteiger partial charge in [-0.2, -0.15) is 0 Å². The molecular formula is C37H37F2N3O7S. The molecule has 0 aliphatic carbocycles. The first-order valence-electron chi connectivity index (χ1n) is 15.5. The lowest BCUT2D eigenvalue weighted by Crippen LogP contribution is -2.24. The van der Waals surface area contributed by atoms with E-state index in [1.165, 1.54) is 35.7 Å². The van der Waals surface area contributed by atoms with Crippen molar-refractivity contribution in [1.82, 2.24) is 9.47 Å². The van der Waals surface area contributed by atoms with Crippen LogP contribution in [0.25, 0.3) is 20.7 Å². The minimum absolute atomic E-state index is 0.0119. The van der Waals surface area contributed by atoms with Gasteiger partial charge < -0.3 is 25.6 Å². The molecule has 5 N–H and O–H groups in total. The molecule has 10 nitrogen and oxygen atoms in total. The highest BCUT2D eigenvalue weighted by molar-refractivity contribution is 7.22. The molecule has 0 spiro atoms. The van der Waals surface area contributed by atoms with Gasteiger partial charge in [-0.1, -0.05) is 62.4 Å². The molecule has 13 heteroatoms. The van der Waals surface area contributed by atoms with E-state index in [-0.39, 0.29) is 28.9 Å². The highest BCUT2D eigenvalue weighted by atomic mass is 32.1. The Morgan fingerprint density at radius 2 is 1.52 bits per heavy atom. The first-order valence-corrected chi connectivity index (χ1v) is 16.4. The van der Waals surface area contributed by atoms with Crippen LogP contribution in [-0.2, 0) is 29.2 Å². The minimum atomic E-state index is -1.79. The number of halogens is 2. The van der Waals surface area contributed by atoms with Crippen LogP contribution < -0.4 is 11.2 Å². The van der Waals surface area contributed by atoms with Crippen molar-refractivity contribution in [2.45, 2.75) is 46.0 Å². The minimum Gasteiger partial charge on any atom is -0.481 e. The number of nitrogens with two attached hydrogens (primary N) is 1. The van der Waals surface area contributed by atoms with E-state index in [2.05, 4.69) is 4.90 Å². The first kappa shape index (κ1) is 37.6. The number of Topliss-reactive ketones (excluding diaryl/α,β-unsaturated/α-hetero) is 1. The van der Waals surface area contributed by atoms with Gasteiger partial charge in [-0.25, -0.2) is 13.6 Å². The van der Waals surface area contributed by atoms with Crippen molar-refractivity contribution in [3.05, 3.63) is 123 Å². The number of benzene rings is 3. The second-order valence-corrected chi connectivity index (χ2v) is 13.0. The largest absolute Gasteiger partial charge is 0.481 e. The molecule has 5 rings (SSSR count). The number of nitrogen functional groups attached to an aromatic ring is 1. The van der Waals surface area contributed by atoms with Crippen LogP contribution >= 0.6 is 11.3 Å². The van der Waals surface area contributed by atoms with Crippen LogP contribution in [0, 0.1) is 17.6 Å². The second-order valence-electron chi connectivity index (χ2n) is 12.0. The fourth-order valence-electron chi connectivity index (χ4n) is 5.25. The topological polar surface area (TPSA) is 163 Å². The van der Waals surface area contributed by atoms with E-state index >= 15 is 0 Å². The standard InChI is InChI=1S/C33H31F2N3O2S.C4H6O5/c1-20(2)30(39)26-19-38(18-24-27(34)10-7-11-28(24)35)33-29(31(26)40)25(17-37(3)16-21-8-5-4-6-9-21)32(41-33)22-12-14-23(36)15-13-22;5-2(4(8)9)1-3(6)7/h4-15,19-20H,16-18,36H2,1-3H3;2,5H,1H2,(H,6,7)(H,8,9). The smallest absolute Gasteiger partial charge is 0.333 e. The molecule has 0 radical (unpaired) electrons. The Morgan fingerprint density at radius 3 is 2.06 bits per heavy atom. The molecule has 2 heterocycles. The van der Waals surface area contributed by atoms with Crippen LogP contribution in [0.15, 0.2) is 83.8 Å². The van der Waals surface area contributed by atoms with Gasteiger partial charge in [0, 0.05) is 41.3 Å². The Kier molecular flexibility index (Phi) is 12.4. The number of aromatic nitrogens is 1. The Balaban J connectivity index is 0.000000551. The summed E-state index contributed by atoms with van der Waals surface area (Å²) in [5, 5.41) is 24.5. The lowest BCUT2D eigenvalue weighted by Gasteiger charge is -2.18. The van der Waals surface area contributed by atoms with Gasteiger partial charge in [0.15, 0.2) is 11.9 Å². The molecule has 0 saturated carbocycles. The fourth-order valence-corrected chi connectivity index (χ4v) is 6.54. The number of anilines is 1. The van der Waals surface area contributed by atoms with Gasteiger partial charge in [0.05, 0.1) is 23.9 Å². The Hall–Kier alpha value is -5.24. The Bertz CT molecular complexity index is 2040. The summed E-state index contributed by atoms with van der Waals surface area (Å²) in [5.41, 5.74) is 8.82. The second kappa shape index (κ2) is 16.4. The van der Waals surface area contributed by atoms with Gasteiger partial charge in [-0.15, -0.1) is 11.3 Å². The number of rotatable bonds is 12. The van der Waals surface area contributed by atoms with Crippen molar-refractivity contribution < 1.29 is 38.5 Å². The SMILES string of the molecule is CC(C)C(=O)c1cn(Cc2c(F)cccc2F)c2sc(-c3ccc(N)cc3)c(CN(C)Cc3ccccc3)c2c1=O.O=C(O)CC(O)C(=O)O.